The summed E-state index contributed by atoms with van der Waals surface area (Å²) in [6.07, 6.45) is 12.9. The zero-order valence-electron chi connectivity index (χ0n) is 16.8. The SMILES string of the molecule is C=C(/C=C/c1ccc2c(c1)C=C(CCCC)C2CC(C)(C)CC)NC. The van der Waals surface area contributed by atoms with Gasteiger partial charge in [0.25, 0.3) is 0 Å². The topological polar surface area (TPSA) is 12.0 Å². The van der Waals surface area contributed by atoms with E-state index in [0.29, 0.717) is 11.3 Å². The van der Waals surface area contributed by atoms with E-state index in [-0.39, 0.29) is 0 Å². The molecule has 0 bridgehead atoms. The Morgan fingerprint density at radius 3 is 2.68 bits per heavy atom. The molecule has 1 aliphatic carbocycles. The molecule has 1 heteroatoms. The zero-order valence-corrected chi connectivity index (χ0v) is 16.8. The van der Waals surface area contributed by atoms with Crippen LogP contribution >= 0.6 is 0 Å². The molecule has 0 amide bonds. The maximum atomic E-state index is 3.96. The third-order valence-corrected chi connectivity index (χ3v) is 5.61. The molecular weight excluding hydrogens is 302 g/mol. The van der Waals surface area contributed by atoms with Gasteiger partial charge in [0.05, 0.1) is 0 Å². The zero-order chi connectivity index (χ0) is 18.4. The van der Waals surface area contributed by atoms with Crippen LogP contribution in [-0.4, -0.2) is 7.05 Å². The number of likely N-dealkylation sites (N-methyl/N-ethyl adjacent to an activating group) is 1. The van der Waals surface area contributed by atoms with E-state index in [1.807, 2.05) is 13.1 Å². The molecule has 0 aliphatic heterocycles. The van der Waals surface area contributed by atoms with Crippen molar-refractivity contribution in [3.05, 3.63) is 58.8 Å². The van der Waals surface area contributed by atoms with Crippen molar-refractivity contribution >= 4 is 12.2 Å². The van der Waals surface area contributed by atoms with E-state index >= 15 is 0 Å². The fourth-order valence-corrected chi connectivity index (χ4v) is 3.48. The maximum absolute atomic E-state index is 3.96. The van der Waals surface area contributed by atoms with Crippen LogP contribution in [0.25, 0.3) is 12.2 Å². The predicted octanol–water partition coefficient (Wildman–Crippen LogP) is 6.93. The van der Waals surface area contributed by atoms with E-state index in [2.05, 4.69) is 69.9 Å². The molecule has 0 saturated carbocycles. The molecule has 0 heterocycles. The minimum absolute atomic E-state index is 0.390. The second-order valence-corrected chi connectivity index (χ2v) is 8.09. The van der Waals surface area contributed by atoms with Crippen LogP contribution in [0.3, 0.4) is 0 Å². The Morgan fingerprint density at radius 1 is 1.28 bits per heavy atom. The highest BCUT2D eigenvalue weighted by Crippen LogP contribution is 2.46. The van der Waals surface area contributed by atoms with Crippen molar-refractivity contribution in [1.82, 2.24) is 5.32 Å². The van der Waals surface area contributed by atoms with E-state index in [1.54, 1.807) is 5.57 Å². The van der Waals surface area contributed by atoms with E-state index in [0.717, 1.165) is 5.70 Å². The minimum Gasteiger partial charge on any atom is -0.389 e. The Hall–Kier alpha value is -1.76. The molecule has 0 fully saturated rings. The van der Waals surface area contributed by atoms with E-state index in [9.17, 15) is 0 Å². The first kappa shape index (κ1) is 19.6. The van der Waals surface area contributed by atoms with Gasteiger partial charge >= 0.3 is 0 Å². The lowest BCUT2D eigenvalue weighted by atomic mass is 9.76. The van der Waals surface area contributed by atoms with E-state index in [1.165, 1.54) is 48.8 Å². The Kier molecular flexibility index (Phi) is 6.70. The van der Waals surface area contributed by atoms with Gasteiger partial charge in [-0.3, -0.25) is 0 Å². The maximum Gasteiger partial charge on any atom is 0.0264 e. The Bertz CT molecular complexity index is 661. The molecule has 1 unspecified atom stereocenters. The Balaban J connectivity index is 2.29. The summed E-state index contributed by atoms with van der Waals surface area (Å²) in [6.45, 7) is 13.4. The first-order chi connectivity index (χ1) is 11.9. The third kappa shape index (κ3) is 5.11. The lowest BCUT2D eigenvalue weighted by molar-refractivity contribution is 0.304. The van der Waals surface area contributed by atoms with Crippen LogP contribution < -0.4 is 5.32 Å². The van der Waals surface area contributed by atoms with Gasteiger partial charge in [-0.1, -0.05) is 77.0 Å². The van der Waals surface area contributed by atoms with Crippen molar-refractivity contribution in [1.29, 1.82) is 0 Å². The van der Waals surface area contributed by atoms with Crippen LogP contribution in [0, 0.1) is 5.41 Å². The van der Waals surface area contributed by atoms with Crippen molar-refractivity contribution in [2.75, 3.05) is 7.05 Å². The summed E-state index contributed by atoms with van der Waals surface area (Å²) >= 11 is 0. The standard InChI is InChI=1S/C24H35N/c1-7-9-10-20-16-21-15-19(12-11-18(3)25-6)13-14-22(21)23(20)17-24(4,5)8-2/h11-16,23,25H,3,7-10,17H2,1-2,4-6H3/b12-11+. The summed E-state index contributed by atoms with van der Waals surface area (Å²) in [5, 5.41) is 3.06. The monoisotopic (exact) mass is 337 g/mol. The van der Waals surface area contributed by atoms with Crippen LogP contribution in [0.4, 0.5) is 0 Å². The normalized spacial score (nSPS) is 16.8. The molecule has 1 atom stereocenters. The van der Waals surface area contributed by atoms with Crippen molar-refractivity contribution in [2.24, 2.45) is 5.41 Å². The highest BCUT2D eigenvalue weighted by atomic mass is 14.8. The number of unbranched alkanes of at least 4 members (excludes halogenated alkanes) is 1. The molecule has 0 saturated heterocycles. The number of hydrogen-bond acceptors (Lipinski definition) is 1. The second kappa shape index (κ2) is 8.56. The van der Waals surface area contributed by atoms with Crippen LogP contribution in [0.5, 0.6) is 0 Å². The number of benzene rings is 1. The minimum atomic E-state index is 0.390. The lowest BCUT2D eigenvalue weighted by Gasteiger charge is -2.29. The van der Waals surface area contributed by atoms with Crippen LogP contribution in [0.1, 0.15) is 82.4 Å². The van der Waals surface area contributed by atoms with Gasteiger partial charge in [0.1, 0.15) is 0 Å². The van der Waals surface area contributed by atoms with Gasteiger partial charge in [0.15, 0.2) is 0 Å². The van der Waals surface area contributed by atoms with Gasteiger partial charge in [-0.05, 0) is 53.5 Å². The van der Waals surface area contributed by atoms with Crippen LogP contribution in [0.15, 0.2) is 42.1 Å². The lowest BCUT2D eigenvalue weighted by Crippen LogP contribution is -2.15. The van der Waals surface area contributed by atoms with Crippen LogP contribution in [0.2, 0.25) is 0 Å². The highest BCUT2D eigenvalue weighted by Gasteiger charge is 2.30. The average Bonchev–Trinajstić information content (AvgIpc) is 2.94. The van der Waals surface area contributed by atoms with Crippen molar-refractivity contribution < 1.29 is 0 Å². The first-order valence-corrected chi connectivity index (χ1v) is 9.79. The van der Waals surface area contributed by atoms with Crippen molar-refractivity contribution in [3.63, 3.8) is 0 Å². The fraction of sp³-hybridized carbons (Fsp3) is 0.500. The number of nitrogens with one attached hydrogen (secondary N) is 1. The van der Waals surface area contributed by atoms with Gasteiger partial charge in [-0.2, -0.15) is 0 Å². The van der Waals surface area contributed by atoms with Crippen LogP contribution in [-0.2, 0) is 0 Å². The van der Waals surface area contributed by atoms with Gasteiger partial charge in [0, 0.05) is 18.7 Å². The number of hydrogen-bond donors (Lipinski definition) is 1. The Morgan fingerprint density at radius 2 is 2.04 bits per heavy atom. The molecule has 1 aromatic carbocycles. The summed E-state index contributed by atoms with van der Waals surface area (Å²) in [6, 6.07) is 6.93. The molecule has 136 valence electrons. The predicted molar refractivity (Wildman–Crippen MR) is 113 cm³/mol. The summed E-state index contributed by atoms with van der Waals surface area (Å²) in [5.74, 6) is 0.599. The van der Waals surface area contributed by atoms with Gasteiger partial charge in [-0.15, -0.1) is 0 Å². The molecule has 2 rings (SSSR count). The second-order valence-electron chi connectivity index (χ2n) is 8.09. The molecule has 1 nitrogen and oxygen atoms in total. The summed E-state index contributed by atoms with van der Waals surface area (Å²) in [7, 11) is 1.90. The quantitative estimate of drug-likeness (QED) is 0.482. The summed E-state index contributed by atoms with van der Waals surface area (Å²) in [5.41, 5.74) is 7.15. The fourth-order valence-electron chi connectivity index (χ4n) is 3.48. The highest BCUT2D eigenvalue weighted by molar-refractivity contribution is 5.70. The first-order valence-electron chi connectivity index (χ1n) is 9.79. The summed E-state index contributed by atoms with van der Waals surface area (Å²) < 4.78 is 0. The molecule has 25 heavy (non-hydrogen) atoms. The molecular formula is C24H35N. The van der Waals surface area contributed by atoms with Crippen molar-refractivity contribution in [3.8, 4) is 0 Å². The molecule has 1 aliphatic rings. The molecule has 0 radical (unpaired) electrons. The van der Waals surface area contributed by atoms with Gasteiger partial charge in [0.2, 0.25) is 0 Å². The molecule has 0 spiro atoms. The average molecular weight is 338 g/mol. The molecule has 1 N–H and O–H groups in total. The number of allylic oxidation sites excluding steroid dienone is 2. The smallest absolute Gasteiger partial charge is 0.0264 e. The van der Waals surface area contributed by atoms with Crippen molar-refractivity contribution in [2.45, 2.75) is 65.7 Å². The van der Waals surface area contributed by atoms with E-state index < -0.39 is 0 Å². The van der Waals surface area contributed by atoms with E-state index in [4.69, 9.17) is 0 Å². The van der Waals surface area contributed by atoms with Gasteiger partial charge < -0.3 is 5.32 Å². The van der Waals surface area contributed by atoms with Gasteiger partial charge in [-0.25, -0.2) is 0 Å². The Labute approximate surface area is 154 Å². The molecule has 1 aromatic rings. The third-order valence-electron chi connectivity index (χ3n) is 5.61. The summed E-state index contributed by atoms with van der Waals surface area (Å²) in [4.78, 5) is 0. The number of rotatable bonds is 9. The largest absolute Gasteiger partial charge is 0.389 e. The number of fused-ring (bicyclic) bond motifs is 1. The molecule has 0 aromatic heterocycles.